The highest BCUT2D eigenvalue weighted by Gasteiger charge is 2.17. The van der Waals surface area contributed by atoms with Gasteiger partial charge in [0, 0.05) is 17.7 Å². The van der Waals surface area contributed by atoms with Crippen LogP contribution >= 0.6 is 0 Å². The van der Waals surface area contributed by atoms with Gasteiger partial charge in [-0.2, -0.15) is 0 Å². The Hall–Kier alpha value is -3.74. The average molecular weight is 444 g/mol. The summed E-state index contributed by atoms with van der Waals surface area (Å²) in [5, 5.41) is 0. The first kappa shape index (κ1) is 21.5. The molecule has 0 atom stereocenters. The van der Waals surface area contributed by atoms with Crippen molar-refractivity contribution in [2.75, 3.05) is 0 Å². The lowest BCUT2D eigenvalue weighted by Gasteiger charge is -2.12. The number of hydrogen-bond donors (Lipinski definition) is 0. The highest BCUT2D eigenvalue weighted by Crippen LogP contribution is 2.31. The van der Waals surface area contributed by atoms with E-state index in [1.807, 2.05) is 6.07 Å². The molecule has 0 unspecified atom stereocenters. The second-order valence-electron chi connectivity index (χ2n) is 6.97. The van der Waals surface area contributed by atoms with Gasteiger partial charge >= 0.3 is 0 Å². The molecule has 0 aromatic heterocycles. The molecule has 0 spiro atoms. The minimum atomic E-state index is -1.68. The summed E-state index contributed by atoms with van der Waals surface area (Å²) in [6.07, 6.45) is 0. The Bertz CT molecular complexity index is 1240. The van der Waals surface area contributed by atoms with Gasteiger partial charge in [-0.25, -0.2) is 26.3 Å². The molecule has 4 aromatic carbocycles. The van der Waals surface area contributed by atoms with Crippen molar-refractivity contribution < 1.29 is 31.1 Å². The summed E-state index contributed by atoms with van der Waals surface area (Å²) in [5.41, 5.74) is 0.839. The van der Waals surface area contributed by atoms with Crippen LogP contribution < -0.4 is 4.74 Å². The highest BCUT2D eigenvalue weighted by molar-refractivity contribution is 5.71. The summed E-state index contributed by atoms with van der Waals surface area (Å²) in [5.74, 6) is -7.83. The van der Waals surface area contributed by atoms with Gasteiger partial charge in [-0.05, 0) is 34.9 Å². The molecule has 0 aliphatic heterocycles. The number of hydrogen-bond acceptors (Lipinski definition) is 1. The normalized spacial score (nSPS) is 10.9. The quantitative estimate of drug-likeness (QED) is 0.230. The lowest BCUT2D eigenvalue weighted by molar-refractivity contribution is 0.287. The first-order valence-electron chi connectivity index (χ1n) is 9.44. The molecule has 1 nitrogen and oxygen atoms in total. The van der Waals surface area contributed by atoms with Crippen molar-refractivity contribution in [1.29, 1.82) is 0 Å². The Morgan fingerprint density at radius 3 is 1.72 bits per heavy atom. The van der Waals surface area contributed by atoms with Crippen LogP contribution in [0, 0.1) is 34.9 Å². The molecule has 0 aliphatic carbocycles. The Labute approximate surface area is 179 Å². The molecule has 0 saturated carbocycles. The van der Waals surface area contributed by atoms with E-state index >= 15 is 0 Å². The van der Waals surface area contributed by atoms with Gasteiger partial charge in [-0.3, -0.25) is 0 Å². The molecule has 0 aliphatic rings. The minimum Gasteiger partial charge on any atom is -0.488 e. The smallest absolute Gasteiger partial charge is 0.194 e. The third-order valence-electron chi connectivity index (χ3n) is 4.87. The minimum absolute atomic E-state index is 0.00220. The SMILES string of the molecule is Fc1cc(-c2ccccc2)ccc1-c1cc(F)c(COc2cc(F)c(F)c(F)c2)c(F)c1. The maximum Gasteiger partial charge on any atom is 0.194 e. The van der Waals surface area contributed by atoms with Crippen LogP contribution in [0.2, 0.25) is 0 Å². The van der Waals surface area contributed by atoms with Crippen LogP contribution in [0.1, 0.15) is 5.56 Å². The monoisotopic (exact) mass is 444 g/mol. The molecule has 7 heteroatoms. The van der Waals surface area contributed by atoms with Gasteiger partial charge in [-0.15, -0.1) is 0 Å². The van der Waals surface area contributed by atoms with Crippen molar-refractivity contribution in [1.82, 2.24) is 0 Å². The van der Waals surface area contributed by atoms with Crippen LogP contribution in [0.25, 0.3) is 22.3 Å². The highest BCUT2D eigenvalue weighted by atomic mass is 19.2. The maximum absolute atomic E-state index is 14.7. The second kappa shape index (κ2) is 8.78. The van der Waals surface area contributed by atoms with Crippen molar-refractivity contribution in [2.45, 2.75) is 6.61 Å². The summed E-state index contributed by atoms with van der Waals surface area (Å²) in [4.78, 5) is 0. The predicted octanol–water partition coefficient (Wildman–Crippen LogP) is 7.43. The van der Waals surface area contributed by atoms with Gasteiger partial charge in [0.2, 0.25) is 0 Å². The van der Waals surface area contributed by atoms with Gasteiger partial charge in [0.15, 0.2) is 17.5 Å². The number of ether oxygens (including phenoxy) is 1. The second-order valence-corrected chi connectivity index (χ2v) is 6.97. The third-order valence-corrected chi connectivity index (χ3v) is 4.87. The Morgan fingerprint density at radius 2 is 1.12 bits per heavy atom. The molecule has 32 heavy (non-hydrogen) atoms. The lowest BCUT2D eigenvalue weighted by Crippen LogP contribution is -2.04. The third kappa shape index (κ3) is 4.32. The molecule has 0 amide bonds. The van der Waals surface area contributed by atoms with E-state index in [4.69, 9.17) is 4.74 Å². The van der Waals surface area contributed by atoms with Crippen LogP contribution in [-0.2, 0) is 6.61 Å². The van der Waals surface area contributed by atoms with Gasteiger partial charge in [-0.1, -0.05) is 42.5 Å². The Balaban J connectivity index is 1.59. The lowest BCUT2D eigenvalue weighted by atomic mass is 9.98. The fourth-order valence-electron chi connectivity index (χ4n) is 3.23. The molecule has 162 valence electrons. The predicted molar refractivity (Wildman–Crippen MR) is 108 cm³/mol. The number of benzene rings is 4. The van der Waals surface area contributed by atoms with Gasteiger partial charge in [0.1, 0.15) is 29.8 Å². The van der Waals surface area contributed by atoms with E-state index in [0.29, 0.717) is 17.7 Å². The fourth-order valence-corrected chi connectivity index (χ4v) is 3.23. The van der Waals surface area contributed by atoms with E-state index in [1.54, 1.807) is 30.3 Å². The zero-order valence-corrected chi connectivity index (χ0v) is 16.3. The standard InChI is InChI=1S/C25H14F6O/c26-20-8-15(14-4-2-1-3-5-14)6-7-18(20)16-9-21(27)19(22(28)10-16)13-32-17-11-23(29)25(31)24(30)12-17/h1-12H,13H2. The van der Waals surface area contributed by atoms with Crippen LogP contribution in [0.3, 0.4) is 0 Å². The van der Waals surface area contributed by atoms with Crippen LogP contribution in [-0.4, -0.2) is 0 Å². The molecular weight excluding hydrogens is 430 g/mol. The topological polar surface area (TPSA) is 9.23 Å². The van der Waals surface area contributed by atoms with Crippen molar-refractivity contribution in [3.05, 3.63) is 113 Å². The fraction of sp³-hybridized carbons (Fsp3) is 0.0400. The zero-order chi connectivity index (χ0) is 22.8. The summed E-state index contributed by atoms with van der Waals surface area (Å²) >= 11 is 0. The summed E-state index contributed by atoms with van der Waals surface area (Å²) in [7, 11) is 0. The molecule has 0 saturated heterocycles. The molecular formula is C25H14F6O. The molecule has 0 N–H and O–H groups in total. The first-order chi connectivity index (χ1) is 15.3. The van der Waals surface area contributed by atoms with Crippen LogP contribution in [0.5, 0.6) is 5.75 Å². The largest absolute Gasteiger partial charge is 0.488 e. The van der Waals surface area contributed by atoms with Crippen LogP contribution in [0.15, 0.2) is 72.8 Å². The number of halogens is 6. The van der Waals surface area contributed by atoms with E-state index in [0.717, 1.165) is 17.7 Å². The van der Waals surface area contributed by atoms with Crippen molar-refractivity contribution in [2.24, 2.45) is 0 Å². The summed E-state index contributed by atoms with van der Waals surface area (Å²) in [6.45, 7) is -0.710. The van der Waals surface area contributed by atoms with E-state index in [-0.39, 0.29) is 11.1 Å². The summed E-state index contributed by atoms with van der Waals surface area (Å²) in [6, 6.07) is 16.4. The van der Waals surface area contributed by atoms with E-state index < -0.39 is 52.8 Å². The average Bonchev–Trinajstić information content (AvgIpc) is 2.77. The Morgan fingerprint density at radius 1 is 0.531 bits per heavy atom. The van der Waals surface area contributed by atoms with Gasteiger partial charge in [0.25, 0.3) is 0 Å². The van der Waals surface area contributed by atoms with Gasteiger partial charge in [0.05, 0.1) is 5.56 Å². The van der Waals surface area contributed by atoms with E-state index in [2.05, 4.69) is 0 Å². The maximum atomic E-state index is 14.7. The van der Waals surface area contributed by atoms with E-state index in [9.17, 15) is 26.3 Å². The van der Waals surface area contributed by atoms with Crippen molar-refractivity contribution in [3.8, 4) is 28.0 Å². The molecule has 0 bridgehead atoms. The van der Waals surface area contributed by atoms with Crippen molar-refractivity contribution in [3.63, 3.8) is 0 Å². The zero-order valence-electron chi connectivity index (χ0n) is 16.3. The van der Waals surface area contributed by atoms with Crippen LogP contribution in [0.4, 0.5) is 26.3 Å². The Kier molecular flexibility index (Phi) is 5.90. The number of rotatable bonds is 5. The molecule has 0 heterocycles. The van der Waals surface area contributed by atoms with Gasteiger partial charge < -0.3 is 4.74 Å². The van der Waals surface area contributed by atoms with E-state index in [1.165, 1.54) is 12.1 Å². The molecule has 0 radical (unpaired) electrons. The van der Waals surface area contributed by atoms with Crippen molar-refractivity contribution >= 4 is 0 Å². The first-order valence-corrected chi connectivity index (χ1v) is 9.44. The molecule has 4 rings (SSSR count). The molecule has 4 aromatic rings. The molecule has 0 fully saturated rings. The summed E-state index contributed by atoms with van der Waals surface area (Å²) < 4.78 is 88.3.